The topological polar surface area (TPSA) is 85.1 Å². The van der Waals surface area contributed by atoms with Gasteiger partial charge in [-0.25, -0.2) is 15.8 Å². The number of hydrazine groups is 1. The normalized spacial score (nSPS) is 21.6. The number of hydrogen-bond donors (Lipinski definition) is 3. The Morgan fingerprint density at radius 3 is 2.65 bits per heavy atom. The third-order valence-corrected chi connectivity index (χ3v) is 3.68. The summed E-state index contributed by atoms with van der Waals surface area (Å²) in [7, 11) is 0. The quantitative estimate of drug-likeness (QED) is 0.577. The molecule has 0 spiro atoms. The van der Waals surface area contributed by atoms with E-state index in [1.165, 1.54) is 0 Å². The van der Waals surface area contributed by atoms with Gasteiger partial charge in [0.1, 0.15) is 17.5 Å². The molecule has 2 heterocycles. The zero-order valence-electron chi connectivity index (χ0n) is 12.8. The highest BCUT2D eigenvalue weighted by atomic mass is 16.5. The standard InChI is InChI=1S/C14H25N5O/c1-5-11-17-12(9(2)13(18-11)19-15)16-10-6-7-20-14(3,4)8-10/h10H,5-8,15H2,1-4H3,(H2,16,17,18,19). The first-order valence-electron chi connectivity index (χ1n) is 7.20. The number of nitrogens with one attached hydrogen (secondary N) is 2. The number of anilines is 2. The molecule has 20 heavy (non-hydrogen) atoms. The first kappa shape index (κ1) is 15.0. The fraction of sp³-hybridized carbons (Fsp3) is 0.714. The lowest BCUT2D eigenvalue weighted by Gasteiger charge is -2.36. The maximum absolute atomic E-state index is 5.75. The van der Waals surface area contributed by atoms with Crippen LogP contribution in [0.15, 0.2) is 0 Å². The molecule has 1 aliphatic heterocycles. The van der Waals surface area contributed by atoms with Gasteiger partial charge in [-0.2, -0.15) is 0 Å². The second kappa shape index (κ2) is 5.93. The van der Waals surface area contributed by atoms with Crippen LogP contribution in [0.1, 0.15) is 45.0 Å². The molecule has 1 unspecified atom stereocenters. The summed E-state index contributed by atoms with van der Waals surface area (Å²) in [5, 5.41) is 3.53. The fourth-order valence-corrected chi connectivity index (χ4v) is 2.55. The van der Waals surface area contributed by atoms with Crippen molar-refractivity contribution in [3.63, 3.8) is 0 Å². The lowest BCUT2D eigenvalue weighted by molar-refractivity contribution is -0.0553. The minimum Gasteiger partial charge on any atom is -0.375 e. The van der Waals surface area contributed by atoms with Crippen LogP contribution >= 0.6 is 0 Å². The van der Waals surface area contributed by atoms with E-state index in [9.17, 15) is 0 Å². The first-order valence-corrected chi connectivity index (χ1v) is 7.20. The molecule has 0 aromatic carbocycles. The van der Waals surface area contributed by atoms with E-state index in [-0.39, 0.29) is 5.60 Å². The van der Waals surface area contributed by atoms with Crippen LogP contribution in [-0.2, 0) is 11.2 Å². The van der Waals surface area contributed by atoms with Crippen molar-refractivity contribution in [3.8, 4) is 0 Å². The molecule has 1 atom stereocenters. The summed E-state index contributed by atoms with van der Waals surface area (Å²) in [6.45, 7) is 9.03. The van der Waals surface area contributed by atoms with Gasteiger partial charge in [-0.05, 0) is 33.6 Å². The van der Waals surface area contributed by atoms with Crippen LogP contribution in [0.2, 0.25) is 0 Å². The van der Waals surface area contributed by atoms with E-state index >= 15 is 0 Å². The molecular formula is C14H25N5O. The van der Waals surface area contributed by atoms with Gasteiger partial charge in [0.05, 0.1) is 5.60 Å². The van der Waals surface area contributed by atoms with Gasteiger partial charge in [-0.1, -0.05) is 6.92 Å². The number of hydrogen-bond acceptors (Lipinski definition) is 6. The largest absolute Gasteiger partial charge is 0.375 e. The number of nitrogens with two attached hydrogens (primary N) is 1. The van der Waals surface area contributed by atoms with Crippen LogP contribution in [0.4, 0.5) is 11.6 Å². The smallest absolute Gasteiger partial charge is 0.148 e. The van der Waals surface area contributed by atoms with Crippen molar-refractivity contribution in [1.82, 2.24) is 9.97 Å². The highest BCUT2D eigenvalue weighted by Crippen LogP contribution is 2.28. The molecule has 1 aromatic heterocycles. The van der Waals surface area contributed by atoms with Crippen molar-refractivity contribution < 1.29 is 4.74 Å². The van der Waals surface area contributed by atoms with Crippen LogP contribution in [0.5, 0.6) is 0 Å². The van der Waals surface area contributed by atoms with Gasteiger partial charge >= 0.3 is 0 Å². The molecule has 0 aliphatic carbocycles. The summed E-state index contributed by atoms with van der Waals surface area (Å²) in [5.41, 5.74) is 3.52. The van der Waals surface area contributed by atoms with Crippen molar-refractivity contribution in [1.29, 1.82) is 0 Å². The zero-order valence-corrected chi connectivity index (χ0v) is 12.8. The number of nitrogen functional groups attached to an aromatic ring is 1. The molecule has 1 fully saturated rings. The Hall–Kier alpha value is -1.40. The summed E-state index contributed by atoms with van der Waals surface area (Å²) < 4.78 is 5.75. The van der Waals surface area contributed by atoms with Gasteiger partial charge < -0.3 is 15.5 Å². The molecule has 0 bridgehead atoms. The van der Waals surface area contributed by atoms with E-state index in [2.05, 4.69) is 34.6 Å². The van der Waals surface area contributed by atoms with E-state index in [4.69, 9.17) is 10.6 Å². The molecule has 1 saturated heterocycles. The second-order valence-corrected chi connectivity index (χ2v) is 5.90. The van der Waals surface area contributed by atoms with Crippen molar-refractivity contribution in [3.05, 3.63) is 11.4 Å². The second-order valence-electron chi connectivity index (χ2n) is 5.90. The number of aryl methyl sites for hydroxylation is 1. The van der Waals surface area contributed by atoms with Gasteiger partial charge in [0.15, 0.2) is 0 Å². The highest BCUT2D eigenvalue weighted by Gasteiger charge is 2.29. The Bertz CT molecular complexity index is 475. The SMILES string of the molecule is CCc1nc(NN)c(C)c(NC2CCOC(C)(C)C2)n1. The summed E-state index contributed by atoms with van der Waals surface area (Å²) in [6.07, 6.45) is 2.73. The Morgan fingerprint density at radius 2 is 2.05 bits per heavy atom. The summed E-state index contributed by atoms with van der Waals surface area (Å²) >= 11 is 0. The highest BCUT2D eigenvalue weighted by molar-refractivity contribution is 5.57. The van der Waals surface area contributed by atoms with Crippen molar-refractivity contribution in [2.45, 2.75) is 58.6 Å². The predicted octanol–water partition coefficient (Wildman–Crippen LogP) is 2.00. The van der Waals surface area contributed by atoms with E-state index in [0.29, 0.717) is 11.9 Å². The van der Waals surface area contributed by atoms with Gasteiger partial charge in [0.25, 0.3) is 0 Å². The van der Waals surface area contributed by atoms with Crippen molar-refractivity contribution in [2.75, 3.05) is 17.3 Å². The summed E-state index contributed by atoms with van der Waals surface area (Å²) in [6, 6.07) is 0.364. The van der Waals surface area contributed by atoms with Crippen LogP contribution in [0.25, 0.3) is 0 Å². The van der Waals surface area contributed by atoms with Crippen LogP contribution in [-0.4, -0.2) is 28.2 Å². The number of ether oxygens (including phenoxy) is 1. The Kier molecular flexibility index (Phi) is 4.45. The van der Waals surface area contributed by atoms with E-state index < -0.39 is 0 Å². The molecule has 2 rings (SSSR count). The maximum Gasteiger partial charge on any atom is 0.148 e. The van der Waals surface area contributed by atoms with E-state index in [0.717, 1.165) is 43.1 Å². The molecule has 0 amide bonds. The van der Waals surface area contributed by atoms with Gasteiger partial charge in [0.2, 0.25) is 0 Å². The average molecular weight is 279 g/mol. The Balaban J connectivity index is 2.20. The molecule has 6 nitrogen and oxygen atoms in total. The third-order valence-electron chi connectivity index (χ3n) is 3.68. The Morgan fingerprint density at radius 1 is 1.35 bits per heavy atom. The molecule has 0 radical (unpaired) electrons. The minimum absolute atomic E-state index is 0.0839. The monoisotopic (exact) mass is 279 g/mol. The lowest BCUT2D eigenvalue weighted by Crippen LogP contribution is -2.40. The van der Waals surface area contributed by atoms with Gasteiger partial charge in [-0.15, -0.1) is 0 Å². The first-order chi connectivity index (χ1) is 9.45. The molecule has 112 valence electrons. The number of rotatable bonds is 4. The van der Waals surface area contributed by atoms with Crippen LogP contribution in [0, 0.1) is 6.92 Å². The molecule has 4 N–H and O–H groups in total. The van der Waals surface area contributed by atoms with Gasteiger partial charge in [-0.3, -0.25) is 0 Å². The van der Waals surface area contributed by atoms with Gasteiger partial charge in [0, 0.05) is 24.6 Å². The van der Waals surface area contributed by atoms with E-state index in [1.807, 2.05) is 13.8 Å². The zero-order chi connectivity index (χ0) is 14.8. The Labute approximate surface area is 120 Å². The summed E-state index contributed by atoms with van der Waals surface area (Å²) in [5.74, 6) is 7.87. The summed E-state index contributed by atoms with van der Waals surface area (Å²) in [4.78, 5) is 8.96. The van der Waals surface area contributed by atoms with Crippen LogP contribution in [0.3, 0.4) is 0 Å². The lowest BCUT2D eigenvalue weighted by atomic mass is 9.94. The maximum atomic E-state index is 5.75. The van der Waals surface area contributed by atoms with Crippen molar-refractivity contribution in [2.24, 2.45) is 5.84 Å². The number of nitrogens with zero attached hydrogens (tertiary/aromatic N) is 2. The van der Waals surface area contributed by atoms with Crippen molar-refractivity contribution >= 4 is 11.6 Å². The third kappa shape index (κ3) is 3.37. The average Bonchev–Trinajstić information content (AvgIpc) is 2.40. The van der Waals surface area contributed by atoms with E-state index in [1.54, 1.807) is 0 Å². The van der Waals surface area contributed by atoms with Crippen LogP contribution < -0.4 is 16.6 Å². The molecule has 1 aliphatic rings. The fourth-order valence-electron chi connectivity index (χ4n) is 2.55. The predicted molar refractivity (Wildman–Crippen MR) is 80.6 cm³/mol. The minimum atomic E-state index is -0.0839. The molecule has 0 saturated carbocycles. The molecule has 6 heteroatoms. The molecular weight excluding hydrogens is 254 g/mol. The number of aromatic nitrogens is 2. The molecule has 1 aromatic rings.